The molecule has 0 saturated heterocycles. The zero-order valence-electron chi connectivity index (χ0n) is 15.4. The van der Waals surface area contributed by atoms with Crippen LogP contribution in [0.25, 0.3) is 11.4 Å². The fourth-order valence-corrected chi connectivity index (χ4v) is 3.10. The number of carbonyl (C=O) groups excluding carboxylic acids is 1. The van der Waals surface area contributed by atoms with Gasteiger partial charge in [-0.1, -0.05) is 43.0 Å². The highest BCUT2D eigenvalue weighted by Gasteiger charge is 2.14. The SMILES string of the molecule is CCc1ccc(-c2nc(SCC(=O)Nc3ccc([N+](=O)[O-])cc3C#N)n[nH]2)cc1. The summed E-state index contributed by atoms with van der Waals surface area (Å²) in [4.78, 5) is 26.7. The molecule has 1 amide bonds. The number of aromatic nitrogens is 3. The van der Waals surface area contributed by atoms with Crippen molar-refractivity contribution in [2.24, 2.45) is 0 Å². The van der Waals surface area contributed by atoms with E-state index < -0.39 is 4.92 Å². The highest BCUT2D eigenvalue weighted by atomic mass is 32.2. The summed E-state index contributed by atoms with van der Waals surface area (Å²) in [5.41, 5.74) is 2.15. The van der Waals surface area contributed by atoms with Crippen LogP contribution in [-0.2, 0) is 11.2 Å². The number of non-ortho nitro benzene ring substituents is 1. The minimum Gasteiger partial charge on any atom is -0.324 e. The smallest absolute Gasteiger partial charge is 0.270 e. The van der Waals surface area contributed by atoms with Crippen LogP contribution in [0.3, 0.4) is 0 Å². The molecule has 2 N–H and O–H groups in total. The van der Waals surface area contributed by atoms with Crippen LogP contribution in [0.1, 0.15) is 18.1 Å². The molecule has 0 saturated carbocycles. The van der Waals surface area contributed by atoms with E-state index in [1.165, 1.54) is 17.7 Å². The Morgan fingerprint density at radius 1 is 1.31 bits per heavy atom. The van der Waals surface area contributed by atoms with Crippen molar-refractivity contribution in [3.63, 3.8) is 0 Å². The number of aryl methyl sites for hydroxylation is 1. The highest BCUT2D eigenvalue weighted by Crippen LogP contribution is 2.23. The van der Waals surface area contributed by atoms with Crippen LogP contribution >= 0.6 is 11.8 Å². The Kier molecular flexibility index (Phi) is 6.21. The number of thioether (sulfide) groups is 1. The highest BCUT2D eigenvalue weighted by molar-refractivity contribution is 7.99. The number of H-pyrrole nitrogens is 1. The van der Waals surface area contributed by atoms with Gasteiger partial charge in [0.05, 0.1) is 21.9 Å². The number of anilines is 1. The normalized spacial score (nSPS) is 10.3. The van der Waals surface area contributed by atoms with Gasteiger partial charge in [0, 0.05) is 17.7 Å². The van der Waals surface area contributed by atoms with Gasteiger partial charge in [-0.05, 0) is 18.1 Å². The average Bonchev–Trinajstić information content (AvgIpc) is 3.21. The van der Waals surface area contributed by atoms with E-state index in [1.807, 2.05) is 30.3 Å². The van der Waals surface area contributed by atoms with Gasteiger partial charge >= 0.3 is 0 Å². The van der Waals surface area contributed by atoms with Gasteiger partial charge in [-0.2, -0.15) is 5.26 Å². The molecule has 0 radical (unpaired) electrons. The zero-order valence-corrected chi connectivity index (χ0v) is 16.2. The molecule has 2 aromatic carbocycles. The van der Waals surface area contributed by atoms with Gasteiger partial charge in [0.1, 0.15) is 6.07 Å². The van der Waals surface area contributed by atoms with Crippen LogP contribution in [0.2, 0.25) is 0 Å². The second-order valence-electron chi connectivity index (χ2n) is 5.95. The van der Waals surface area contributed by atoms with Gasteiger partial charge in [-0.15, -0.1) is 5.10 Å². The maximum absolute atomic E-state index is 12.2. The molecule has 1 heterocycles. The van der Waals surface area contributed by atoms with E-state index in [9.17, 15) is 14.9 Å². The van der Waals surface area contributed by atoms with E-state index in [2.05, 4.69) is 27.4 Å². The minimum absolute atomic E-state index is 0.0215. The van der Waals surface area contributed by atoms with Crippen LogP contribution in [0.15, 0.2) is 47.6 Å². The van der Waals surface area contributed by atoms with E-state index in [0.717, 1.165) is 29.8 Å². The Labute approximate surface area is 170 Å². The summed E-state index contributed by atoms with van der Waals surface area (Å²) in [6, 6.07) is 13.5. The van der Waals surface area contributed by atoms with Crippen LogP contribution < -0.4 is 5.32 Å². The number of benzene rings is 2. The quantitative estimate of drug-likeness (QED) is 0.346. The summed E-state index contributed by atoms with van der Waals surface area (Å²) in [5.74, 6) is 0.255. The summed E-state index contributed by atoms with van der Waals surface area (Å²) in [6.45, 7) is 2.08. The molecule has 3 aromatic rings. The van der Waals surface area contributed by atoms with Crippen molar-refractivity contribution in [3.05, 3.63) is 63.7 Å². The molecule has 0 aliphatic carbocycles. The molecule has 0 fully saturated rings. The van der Waals surface area contributed by atoms with Gasteiger partial charge in [0.15, 0.2) is 5.82 Å². The third-order valence-electron chi connectivity index (χ3n) is 4.04. The molecule has 146 valence electrons. The second-order valence-corrected chi connectivity index (χ2v) is 6.90. The maximum atomic E-state index is 12.2. The Morgan fingerprint density at radius 2 is 2.07 bits per heavy atom. The Morgan fingerprint density at radius 3 is 2.72 bits per heavy atom. The van der Waals surface area contributed by atoms with Crippen molar-refractivity contribution < 1.29 is 9.72 Å². The summed E-state index contributed by atoms with van der Waals surface area (Å²) >= 11 is 1.14. The second kappa shape index (κ2) is 8.99. The van der Waals surface area contributed by atoms with E-state index in [1.54, 1.807) is 0 Å². The van der Waals surface area contributed by atoms with Crippen LogP contribution in [-0.4, -0.2) is 31.8 Å². The molecule has 0 aliphatic rings. The predicted molar refractivity (Wildman–Crippen MR) is 108 cm³/mol. The number of nitrogens with one attached hydrogen (secondary N) is 2. The Balaban J connectivity index is 1.61. The number of amides is 1. The molecule has 0 spiro atoms. The first-order valence-corrected chi connectivity index (χ1v) is 9.61. The van der Waals surface area contributed by atoms with Gasteiger partial charge in [0.2, 0.25) is 11.1 Å². The fraction of sp³-hybridized carbons (Fsp3) is 0.158. The molecule has 0 bridgehead atoms. The van der Waals surface area contributed by atoms with E-state index in [4.69, 9.17) is 5.26 Å². The predicted octanol–water partition coefficient (Wildman–Crippen LogP) is 3.54. The van der Waals surface area contributed by atoms with E-state index in [0.29, 0.717) is 11.0 Å². The molecular weight excluding hydrogens is 392 g/mol. The number of carbonyl (C=O) groups is 1. The molecule has 0 atom stereocenters. The van der Waals surface area contributed by atoms with Gasteiger partial charge < -0.3 is 5.32 Å². The molecule has 3 rings (SSSR count). The largest absolute Gasteiger partial charge is 0.324 e. The molecule has 10 heteroatoms. The van der Waals surface area contributed by atoms with E-state index in [-0.39, 0.29) is 28.6 Å². The van der Waals surface area contributed by atoms with E-state index >= 15 is 0 Å². The van der Waals surface area contributed by atoms with Crippen molar-refractivity contribution in [2.45, 2.75) is 18.5 Å². The number of rotatable bonds is 7. The molecule has 1 aromatic heterocycles. The molecule has 0 aliphatic heterocycles. The lowest BCUT2D eigenvalue weighted by Gasteiger charge is -2.06. The molecule has 0 unspecified atom stereocenters. The Bertz CT molecular complexity index is 1090. The van der Waals surface area contributed by atoms with Crippen LogP contribution in [0, 0.1) is 21.4 Å². The Hall–Kier alpha value is -3.71. The monoisotopic (exact) mass is 408 g/mol. The molecular formula is C19H16N6O3S. The number of hydrogen-bond acceptors (Lipinski definition) is 7. The lowest BCUT2D eigenvalue weighted by molar-refractivity contribution is -0.384. The number of nitro benzene ring substituents is 1. The lowest BCUT2D eigenvalue weighted by Crippen LogP contribution is -2.15. The third kappa shape index (κ3) is 4.97. The first-order valence-electron chi connectivity index (χ1n) is 8.63. The zero-order chi connectivity index (χ0) is 20.8. The lowest BCUT2D eigenvalue weighted by atomic mass is 10.1. The summed E-state index contributed by atoms with van der Waals surface area (Å²) in [5, 5.41) is 29.9. The first-order chi connectivity index (χ1) is 14.0. The number of hydrogen-bond donors (Lipinski definition) is 2. The van der Waals surface area contributed by atoms with Gasteiger partial charge in [-0.3, -0.25) is 20.0 Å². The topological polar surface area (TPSA) is 138 Å². The standard InChI is InChI=1S/C19H16N6O3S/c1-2-12-3-5-13(6-4-12)18-22-19(24-23-18)29-11-17(26)21-16-8-7-15(25(27)28)9-14(16)10-20/h3-9H,2,11H2,1H3,(H,21,26)(H,22,23,24). The van der Waals surface area contributed by atoms with Gasteiger partial charge in [-0.25, -0.2) is 4.98 Å². The number of aromatic amines is 1. The average molecular weight is 408 g/mol. The first kappa shape index (κ1) is 20.0. The third-order valence-corrected chi connectivity index (χ3v) is 4.89. The van der Waals surface area contributed by atoms with Crippen molar-refractivity contribution in [1.29, 1.82) is 5.26 Å². The minimum atomic E-state index is -0.598. The summed E-state index contributed by atoms with van der Waals surface area (Å²) in [7, 11) is 0. The van der Waals surface area contributed by atoms with Gasteiger partial charge in [0.25, 0.3) is 5.69 Å². The summed E-state index contributed by atoms with van der Waals surface area (Å²) < 4.78 is 0. The number of nitro groups is 1. The molecule has 9 nitrogen and oxygen atoms in total. The summed E-state index contributed by atoms with van der Waals surface area (Å²) in [6.07, 6.45) is 0.954. The van der Waals surface area contributed by atoms with Crippen LogP contribution in [0.4, 0.5) is 11.4 Å². The van der Waals surface area contributed by atoms with Crippen molar-refractivity contribution in [1.82, 2.24) is 15.2 Å². The molecule has 29 heavy (non-hydrogen) atoms. The van der Waals surface area contributed by atoms with Crippen molar-refractivity contribution in [3.8, 4) is 17.5 Å². The number of nitriles is 1. The van der Waals surface area contributed by atoms with Crippen molar-refractivity contribution >= 4 is 29.0 Å². The van der Waals surface area contributed by atoms with Crippen LogP contribution in [0.5, 0.6) is 0 Å². The fourth-order valence-electron chi connectivity index (χ4n) is 2.50. The van der Waals surface area contributed by atoms with Crippen molar-refractivity contribution in [2.75, 3.05) is 11.1 Å². The number of nitrogens with zero attached hydrogens (tertiary/aromatic N) is 4. The maximum Gasteiger partial charge on any atom is 0.270 e.